The molecule has 3 rings (SSSR count). The molecule has 1 aliphatic carbocycles. The molecular weight excluding hydrogens is 248 g/mol. The van der Waals surface area contributed by atoms with E-state index in [1.54, 1.807) is 6.20 Å². The van der Waals surface area contributed by atoms with Crippen molar-refractivity contribution in [2.75, 3.05) is 5.32 Å². The van der Waals surface area contributed by atoms with Crippen molar-refractivity contribution in [3.05, 3.63) is 46.9 Å². The van der Waals surface area contributed by atoms with Gasteiger partial charge in [0.15, 0.2) is 0 Å². The van der Waals surface area contributed by atoms with Gasteiger partial charge in [-0.3, -0.25) is 0 Å². The molecule has 0 amide bonds. The second kappa shape index (κ2) is 4.90. The summed E-state index contributed by atoms with van der Waals surface area (Å²) in [6, 6.07) is 8.80. The summed E-state index contributed by atoms with van der Waals surface area (Å²) in [5.74, 6) is 0.678. The summed E-state index contributed by atoms with van der Waals surface area (Å²) in [5, 5.41) is 11.0. The SMILES string of the molecule is Clc1nncc(NC2CCCc3ccccc32)n1. The Morgan fingerprint density at radius 2 is 2.17 bits per heavy atom. The van der Waals surface area contributed by atoms with Gasteiger partial charge in [0.25, 0.3) is 0 Å². The Hall–Kier alpha value is -1.68. The van der Waals surface area contributed by atoms with Crippen LogP contribution in [0.4, 0.5) is 5.82 Å². The van der Waals surface area contributed by atoms with Crippen molar-refractivity contribution in [1.29, 1.82) is 0 Å². The molecule has 1 heterocycles. The van der Waals surface area contributed by atoms with Crippen LogP contribution in [0.25, 0.3) is 0 Å². The Morgan fingerprint density at radius 3 is 3.06 bits per heavy atom. The molecule has 0 saturated heterocycles. The van der Waals surface area contributed by atoms with E-state index in [-0.39, 0.29) is 11.3 Å². The van der Waals surface area contributed by atoms with Crippen LogP contribution in [0.5, 0.6) is 0 Å². The average Bonchev–Trinajstić information content (AvgIpc) is 2.39. The maximum atomic E-state index is 5.74. The number of rotatable bonds is 2. The van der Waals surface area contributed by atoms with Crippen LogP contribution in [0, 0.1) is 0 Å². The normalized spacial score (nSPS) is 18.2. The summed E-state index contributed by atoms with van der Waals surface area (Å²) in [6.07, 6.45) is 5.03. The van der Waals surface area contributed by atoms with Gasteiger partial charge in [0.05, 0.1) is 12.2 Å². The van der Waals surface area contributed by atoms with E-state index in [9.17, 15) is 0 Å². The van der Waals surface area contributed by atoms with E-state index < -0.39 is 0 Å². The minimum absolute atomic E-state index is 0.170. The minimum Gasteiger partial charge on any atom is -0.362 e. The molecule has 18 heavy (non-hydrogen) atoms. The fraction of sp³-hybridized carbons (Fsp3) is 0.308. The van der Waals surface area contributed by atoms with E-state index in [0.717, 1.165) is 12.8 Å². The molecule has 1 aromatic carbocycles. The number of aromatic nitrogens is 3. The number of anilines is 1. The summed E-state index contributed by atoms with van der Waals surface area (Å²) in [4.78, 5) is 4.12. The van der Waals surface area contributed by atoms with Gasteiger partial charge in [-0.15, -0.1) is 5.10 Å². The molecule has 0 fully saturated rings. The van der Waals surface area contributed by atoms with Crippen LogP contribution >= 0.6 is 11.6 Å². The molecule has 1 aromatic heterocycles. The highest BCUT2D eigenvalue weighted by molar-refractivity contribution is 6.28. The first-order valence-electron chi connectivity index (χ1n) is 6.02. The third-order valence-corrected chi connectivity index (χ3v) is 3.38. The zero-order chi connectivity index (χ0) is 12.4. The van der Waals surface area contributed by atoms with Crippen LogP contribution in [0.2, 0.25) is 5.28 Å². The average molecular weight is 261 g/mol. The van der Waals surface area contributed by atoms with Crippen LogP contribution in [0.3, 0.4) is 0 Å². The predicted octanol–water partition coefficient (Wildman–Crippen LogP) is 3.01. The van der Waals surface area contributed by atoms with Crippen LogP contribution in [-0.4, -0.2) is 15.2 Å². The summed E-state index contributed by atoms with van der Waals surface area (Å²) < 4.78 is 0. The monoisotopic (exact) mass is 260 g/mol. The third kappa shape index (κ3) is 2.29. The van der Waals surface area contributed by atoms with Gasteiger partial charge in [-0.1, -0.05) is 24.3 Å². The zero-order valence-electron chi connectivity index (χ0n) is 9.81. The number of hydrogen-bond donors (Lipinski definition) is 1. The smallest absolute Gasteiger partial charge is 0.244 e. The van der Waals surface area contributed by atoms with E-state index in [2.05, 4.69) is 44.8 Å². The number of fused-ring (bicyclic) bond motifs is 1. The molecule has 0 aliphatic heterocycles. The number of hydrogen-bond acceptors (Lipinski definition) is 4. The number of aryl methyl sites for hydroxylation is 1. The lowest BCUT2D eigenvalue weighted by atomic mass is 9.88. The molecule has 0 saturated carbocycles. The number of nitrogens with one attached hydrogen (secondary N) is 1. The Bertz CT molecular complexity index is 558. The highest BCUT2D eigenvalue weighted by Crippen LogP contribution is 2.31. The lowest BCUT2D eigenvalue weighted by molar-refractivity contribution is 0.598. The Morgan fingerprint density at radius 1 is 1.28 bits per heavy atom. The Kier molecular flexibility index (Phi) is 3.11. The van der Waals surface area contributed by atoms with E-state index >= 15 is 0 Å². The summed E-state index contributed by atoms with van der Waals surface area (Å²) in [5.41, 5.74) is 2.76. The van der Waals surface area contributed by atoms with E-state index in [1.807, 2.05) is 0 Å². The van der Waals surface area contributed by atoms with E-state index in [4.69, 9.17) is 11.6 Å². The van der Waals surface area contributed by atoms with Crippen LogP contribution in [-0.2, 0) is 6.42 Å². The number of benzene rings is 1. The molecule has 2 aromatic rings. The van der Waals surface area contributed by atoms with Crippen molar-refractivity contribution in [1.82, 2.24) is 15.2 Å². The molecule has 1 unspecified atom stereocenters. The van der Waals surface area contributed by atoms with Crippen molar-refractivity contribution in [2.24, 2.45) is 0 Å². The van der Waals surface area contributed by atoms with E-state index in [1.165, 1.54) is 17.5 Å². The topological polar surface area (TPSA) is 50.7 Å². The molecule has 0 radical (unpaired) electrons. The molecular formula is C13H13ClN4. The van der Waals surface area contributed by atoms with Gasteiger partial charge in [0.1, 0.15) is 5.82 Å². The van der Waals surface area contributed by atoms with Crippen LogP contribution in [0.1, 0.15) is 30.0 Å². The zero-order valence-corrected chi connectivity index (χ0v) is 10.6. The van der Waals surface area contributed by atoms with Crippen molar-refractivity contribution in [3.63, 3.8) is 0 Å². The molecule has 1 aliphatic rings. The summed E-state index contributed by atoms with van der Waals surface area (Å²) in [6.45, 7) is 0. The predicted molar refractivity (Wildman–Crippen MR) is 70.6 cm³/mol. The van der Waals surface area contributed by atoms with Crippen molar-refractivity contribution >= 4 is 17.4 Å². The summed E-state index contributed by atoms with van der Waals surface area (Å²) >= 11 is 5.74. The highest BCUT2D eigenvalue weighted by Gasteiger charge is 2.19. The number of halogens is 1. The van der Waals surface area contributed by atoms with Gasteiger partial charge in [0.2, 0.25) is 5.28 Å². The lowest BCUT2D eigenvalue weighted by Crippen LogP contribution is -2.18. The quantitative estimate of drug-likeness (QED) is 0.902. The molecule has 92 valence electrons. The van der Waals surface area contributed by atoms with Crippen molar-refractivity contribution in [2.45, 2.75) is 25.3 Å². The van der Waals surface area contributed by atoms with Gasteiger partial charge in [0, 0.05) is 0 Å². The molecule has 0 bridgehead atoms. The summed E-state index contributed by atoms with van der Waals surface area (Å²) in [7, 11) is 0. The Balaban J connectivity index is 1.86. The Labute approximate surface area is 110 Å². The van der Waals surface area contributed by atoms with Gasteiger partial charge in [-0.05, 0) is 42.0 Å². The minimum atomic E-state index is 0.170. The second-order valence-corrected chi connectivity index (χ2v) is 4.74. The largest absolute Gasteiger partial charge is 0.362 e. The third-order valence-electron chi connectivity index (χ3n) is 3.22. The van der Waals surface area contributed by atoms with Crippen LogP contribution in [0.15, 0.2) is 30.5 Å². The molecule has 5 heteroatoms. The lowest BCUT2D eigenvalue weighted by Gasteiger charge is -2.26. The molecule has 0 spiro atoms. The number of nitrogens with zero attached hydrogens (tertiary/aromatic N) is 3. The van der Waals surface area contributed by atoms with E-state index in [0.29, 0.717) is 5.82 Å². The fourth-order valence-corrected chi connectivity index (χ4v) is 2.57. The van der Waals surface area contributed by atoms with Gasteiger partial charge in [-0.25, -0.2) is 0 Å². The van der Waals surface area contributed by atoms with Crippen molar-refractivity contribution in [3.8, 4) is 0 Å². The maximum absolute atomic E-state index is 5.74. The fourth-order valence-electron chi connectivity index (χ4n) is 2.43. The highest BCUT2D eigenvalue weighted by atomic mass is 35.5. The first kappa shape index (κ1) is 11.4. The molecule has 1 N–H and O–H groups in total. The first-order chi connectivity index (χ1) is 8.83. The van der Waals surface area contributed by atoms with Gasteiger partial charge >= 0.3 is 0 Å². The molecule has 4 nitrogen and oxygen atoms in total. The maximum Gasteiger partial charge on any atom is 0.244 e. The first-order valence-corrected chi connectivity index (χ1v) is 6.40. The van der Waals surface area contributed by atoms with Crippen LogP contribution < -0.4 is 5.32 Å². The van der Waals surface area contributed by atoms with Gasteiger partial charge < -0.3 is 5.32 Å². The standard InChI is InChI=1S/C13H13ClN4/c14-13-17-12(8-15-18-13)16-11-7-3-5-9-4-1-2-6-10(9)11/h1-2,4,6,8,11H,3,5,7H2,(H,16,17,18). The second-order valence-electron chi connectivity index (χ2n) is 4.40. The van der Waals surface area contributed by atoms with Crippen molar-refractivity contribution < 1.29 is 0 Å². The molecule has 1 atom stereocenters. The van der Waals surface area contributed by atoms with Gasteiger partial charge in [-0.2, -0.15) is 10.1 Å².